The Bertz CT molecular complexity index is 874. The number of carbonyl (C=O) groups excluding carboxylic acids is 1. The first kappa shape index (κ1) is 23.6. The molecule has 1 saturated heterocycles. The van der Waals surface area contributed by atoms with E-state index in [-0.39, 0.29) is 5.92 Å². The molecule has 0 spiro atoms. The van der Waals surface area contributed by atoms with Crippen LogP contribution in [0, 0.1) is 12.8 Å². The molecular formula is C25H32ClNO4. The topological polar surface area (TPSA) is 59.0 Å². The Morgan fingerprint density at radius 1 is 1.23 bits per heavy atom. The zero-order chi connectivity index (χ0) is 22.3. The van der Waals surface area contributed by atoms with Crippen LogP contribution in [0.5, 0.6) is 11.5 Å². The monoisotopic (exact) mass is 445 g/mol. The highest BCUT2D eigenvalue weighted by Crippen LogP contribution is 2.46. The van der Waals surface area contributed by atoms with E-state index in [2.05, 4.69) is 0 Å². The number of carbonyl (C=O) groups is 1. The molecule has 0 aliphatic carbocycles. The summed E-state index contributed by atoms with van der Waals surface area (Å²) in [6.45, 7) is 3.86. The lowest BCUT2D eigenvalue weighted by molar-refractivity contribution is -0.123. The van der Waals surface area contributed by atoms with Crippen LogP contribution in [0.2, 0.25) is 5.02 Å². The molecule has 1 aliphatic heterocycles. The van der Waals surface area contributed by atoms with Crippen molar-refractivity contribution >= 4 is 18.0 Å². The molecule has 1 heterocycles. The van der Waals surface area contributed by atoms with Crippen LogP contribution in [0.3, 0.4) is 0 Å². The van der Waals surface area contributed by atoms with Crippen LogP contribution in [-0.4, -0.2) is 43.2 Å². The SMILES string of the molecule is COCCCC[C@@](O)(c1cccc(Cl)c1Oc1ccccc1C)C1CCCN(C=O)C1. The zero-order valence-electron chi connectivity index (χ0n) is 18.4. The lowest BCUT2D eigenvalue weighted by Gasteiger charge is -2.42. The summed E-state index contributed by atoms with van der Waals surface area (Å²) in [5, 5.41) is 12.6. The summed E-state index contributed by atoms with van der Waals surface area (Å²) in [7, 11) is 1.68. The van der Waals surface area contributed by atoms with Crippen molar-refractivity contribution in [2.24, 2.45) is 5.92 Å². The van der Waals surface area contributed by atoms with Crippen molar-refractivity contribution in [2.45, 2.75) is 44.6 Å². The molecule has 31 heavy (non-hydrogen) atoms. The van der Waals surface area contributed by atoms with Gasteiger partial charge in [-0.1, -0.05) is 41.9 Å². The smallest absolute Gasteiger partial charge is 0.209 e. The Morgan fingerprint density at radius 3 is 2.77 bits per heavy atom. The molecule has 6 heteroatoms. The number of aliphatic hydroxyl groups is 1. The third kappa shape index (κ3) is 5.59. The quantitative estimate of drug-likeness (QED) is 0.397. The number of nitrogens with zero attached hydrogens (tertiary/aromatic N) is 1. The van der Waals surface area contributed by atoms with E-state index in [1.54, 1.807) is 18.1 Å². The molecule has 5 nitrogen and oxygen atoms in total. The molecular weight excluding hydrogens is 414 g/mol. The summed E-state index contributed by atoms with van der Waals surface area (Å²) in [4.78, 5) is 13.2. The number of methoxy groups -OCH3 is 1. The van der Waals surface area contributed by atoms with Crippen LogP contribution in [0.4, 0.5) is 0 Å². The van der Waals surface area contributed by atoms with Crippen LogP contribution in [0.25, 0.3) is 0 Å². The van der Waals surface area contributed by atoms with Crippen molar-refractivity contribution in [3.63, 3.8) is 0 Å². The van der Waals surface area contributed by atoms with Gasteiger partial charge in [0.05, 0.1) is 10.6 Å². The van der Waals surface area contributed by atoms with Crippen LogP contribution < -0.4 is 4.74 Å². The fourth-order valence-corrected chi connectivity index (χ4v) is 4.64. The second kappa shape index (κ2) is 11.0. The van der Waals surface area contributed by atoms with Crippen LogP contribution in [0.1, 0.15) is 43.2 Å². The lowest BCUT2D eigenvalue weighted by atomic mass is 9.73. The largest absolute Gasteiger partial charge is 0.455 e. The highest BCUT2D eigenvalue weighted by atomic mass is 35.5. The summed E-state index contributed by atoms with van der Waals surface area (Å²) >= 11 is 6.59. The second-order valence-corrected chi connectivity index (χ2v) is 8.70. The van der Waals surface area contributed by atoms with Gasteiger partial charge in [0.2, 0.25) is 6.41 Å². The molecule has 1 N–H and O–H groups in total. The maximum atomic E-state index is 12.2. The Hall–Kier alpha value is -2.08. The number of hydrogen-bond acceptors (Lipinski definition) is 4. The predicted molar refractivity (Wildman–Crippen MR) is 123 cm³/mol. The summed E-state index contributed by atoms with van der Waals surface area (Å²) in [6, 6.07) is 13.3. The molecule has 3 rings (SSSR count). The van der Waals surface area contributed by atoms with Gasteiger partial charge >= 0.3 is 0 Å². The number of rotatable bonds is 10. The average molecular weight is 446 g/mol. The van der Waals surface area contributed by atoms with Crippen LogP contribution >= 0.6 is 11.6 Å². The van der Waals surface area contributed by atoms with E-state index in [0.29, 0.717) is 41.7 Å². The first-order valence-electron chi connectivity index (χ1n) is 10.9. The molecule has 0 radical (unpaired) electrons. The fraction of sp³-hybridized carbons (Fsp3) is 0.480. The first-order valence-corrected chi connectivity index (χ1v) is 11.3. The van der Waals surface area contributed by atoms with Gasteiger partial charge in [0.25, 0.3) is 0 Å². The standard InChI is InChI=1S/C25H32ClNO4/c1-19-9-3-4-13-23(19)31-24-21(11-7-12-22(24)26)25(29,14-5-6-16-30-2)20-10-8-15-27(17-20)18-28/h3-4,7,9,11-13,18,20,29H,5-6,8,10,14-17H2,1-2H3/t20?,25-/m0/s1. The molecule has 168 valence electrons. The van der Waals surface area contributed by atoms with Crippen molar-refractivity contribution in [1.29, 1.82) is 0 Å². The van der Waals surface area contributed by atoms with Crippen molar-refractivity contribution in [3.8, 4) is 11.5 Å². The Morgan fingerprint density at radius 2 is 2.03 bits per heavy atom. The van der Waals surface area contributed by atoms with Crippen molar-refractivity contribution in [2.75, 3.05) is 26.8 Å². The van der Waals surface area contributed by atoms with Crippen LogP contribution in [-0.2, 0) is 15.1 Å². The molecule has 1 fully saturated rings. The number of likely N-dealkylation sites (tertiary alicyclic amines) is 1. The molecule has 1 amide bonds. The molecule has 2 aromatic carbocycles. The Kier molecular flexibility index (Phi) is 8.35. The normalized spacial score (nSPS) is 18.5. The number of para-hydroxylation sites is 2. The maximum Gasteiger partial charge on any atom is 0.209 e. The van der Waals surface area contributed by atoms with Gasteiger partial charge in [-0.25, -0.2) is 0 Å². The van der Waals surface area contributed by atoms with E-state index in [1.165, 1.54) is 0 Å². The third-order valence-corrected chi connectivity index (χ3v) is 6.47. The van der Waals surface area contributed by atoms with Gasteiger partial charge in [0, 0.05) is 38.3 Å². The molecule has 1 aliphatic rings. The lowest BCUT2D eigenvalue weighted by Crippen LogP contribution is -2.46. The molecule has 0 aromatic heterocycles. The highest BCUT2D eigenvalue weighted by Gasteiger charge is 2.42. The van der Waals surface area contributed by atoms with E-state index in [4.69, 9.17) is 21.1 Å². The number of hydrogen-bond donors (Lipinski definition) is 1. The summed E-state index contributed by atoms with van der Waals surface area (Å²) in [6.07, 6.45) is 4.74. The Labute approximate surface area is 189 Å². The fourth-order valence-electron chi connectivity index (χ4n) is 4.43. The highest BCUT2D eigenvalue weighted by molar-refractivity contribution is 6.32. The minimum atomic E-state index is -1.17. The Balaban J connectivity index is 2.00. The summed E-state index contributed by atoms with van der Waals surface area (Å²) in [5.74, 6) is 1.08. The molecule has 0 bridgehead atoms. The number of unbranched alkanes of at least 4 members (excludes halogenated alkanes) is 1. The van der Waals surface area contributed by atoms with E-state index in [9.17, 15) is 9.90 Å². The van der Waals surface area contributed by atoms with Gasteiger partial charge in [0.1, 0.15) is 5.75 Å². The summed E-state index contributed by atoms with van der Waals surface area (Å²) < 4.78 is 11.5. The molecule has 0 saturated carbocycles. The first-order chi connectivity index (χ1) is 15.0. The van der Waals surface area contributed by atoms with Crippen molar-refractivity contribution in [1.82, 2.24) is 4.90 Å². The van der Waals surface area contributed by atoms with E-state index >= 15 is 0 Å². The predicted octanol–water partition coefficient (Wildman–Crippen LogP) is 5.31. The minimum absolute atomic E-state index is 0.105. The van der Waals surface area contributed by atoms with Crippen molar-refractivity contribution in [3.05, 3.63) is 58.6 Å². The number of amides is 1. The molecule has 1 unspecified atom stereocenters. The number of aryl methyl sites for hydroxylation is 1. The number of piperidine rings is 1. The van der Waals surface area contributed by atoms with Gasteiger partial charge < -0.3 is 19.5 Å². The number of ether oxygens (including phenoxy) is 2. The second-order valence-electron chi connectivity index (χ2n) is 8.30. The maximum absolute atomic E-state index is 12.2. The number of halogens is 1. The average Bonchev–Trinajstić information content (AvgIpc) is 2.79. The molecule has 2 atom stereocenters. The van der Waals surface area contributed by atoms with Gasteiger partial charge in [-0.3, -0.25) is 4.79 Å². The zero-order valence-corrected chi connectivity index (χ0v) is 19.1. The van der Waals surface area contributed by atoms with E-state index in [1.807, 2.05) is 43.3 Å². The number of benzene rings is 2. The third-order valence-electron chi connectivity index (χ3n) is 6.17. The van der Waals surface area contributed by atoms with Crippen molar-refractivity contribution < 1.29 is 19.4 Å². The van der Waals surface area contributed by atoms with E-state index < -0.39 is 5.60 Å². The van der Waals surface area contributed by atoms with Gasteiger partial charge in [-0.05, 0) is 56.7 Å². The minimum Gasteiger partial charge on any atom is -0.455 e. The van der Waals surface area contributed by atoms with E-state index in [0.717, 1.165) is 44.2 Å². The molecule has 2 aromatic rings. The van der Waals surface area contributed by atoms with Crippen LogP contribution in [0.15, 0.2) is 42.5 Å². The van der Waals surface area contributed by atoms with Gasteiger partial charge in [0.15, 0.2) is 5.75 Å². The van der Waals surface area contributed by atoms with Gasteiger partial charge in [-0.15, -0.1) is 0 Å². The van der Waals surface area contributed by atoms with Gasteiger partial charge in [-0.2, -0.15) is 0 Å². The summed E-state index contributed by atoms with van der Waals surface area (Å²) in [5.41, 5.74) is 0.499.